The summed E-state index contributed by atoms with van der Waals surface area (Å²) >= 11 is 0. The monoisotopic (exact) mass is 548 g/mol. The topological polar surface area (TPSA) is 101 Å². The number of hydrogen-bond donors (Lipinski definition) is 1. The molecule has 0 spiro atoms. The number of carboxylic acid groups (broad SMARTS) is 1. The SMILES string of the molecule is CC(C)(Oc1ccc(CCN(Cc2ccc(C(F)(F)F)cc2)c2noc(CN3CCOCC3)n2)cc1)C(=O)O. The van der Waals surface area contributed by atoms with Gasteiger partial charge in [-0.25, -0.2) is 4.79 Å². The molecule has 1 aliphatic heterocycles. The average molecular weight is 549 g/mol. The first kappa shape index (κ1) is 28.4. The van der Waals surface area contributed by atoms with Gasteiger partial charge in [-0.1, -0.05) is 24.3 Å². The molecule has 2 heterocycles. The van der Waals surface area contributed by atoms with Gasteiger partial charge in [-0.3, -0.25) is 4.90 Å². The molecule has 210 valence electrons. The van der Waals surface area contributed by atoms with Crippen LogP contribution >= 0.6 is 0 Å². The number of aromatic nitrogens is 2. The minimum atomic E-state index is -4.41. The molecule has 2 aromatic carbocycles. The van der Waals surface area contributed by atoms with Crippen LogP contribution in [0.4, 0.5) is 19.1 Å². The molecule has 1 saturated heterocycles. The van der Waals surface area contributed by atoms with Crippen molar-refractivity contribution < 1.29 is 37.1 Å². The zero-order chi connectivity index (χ0) is 28.0. The van der Waals surface area contributed by atoms with Crippen LogP contribution in [0.25, 0.3) is 0 Å². The number of carboxylic acids is 1. The van der Waals surface area contributed by atoms with Gasteiger partial charge in [-0.05, 0) is 60.8 Å². The summed E-state index contributed by atoms with van der Waals surface area (Å²) in [4.78, 5) is 19.9. The summed E-state index contributed by atoms with van der Waals surface area (Å²) in [5.41, 5.74) is -0.456. The van der Waals surface area contributed by atoms with E-state index in [2.05, 4.69) is 15.0 Å². The molecule has 1 aromatic heterocycles. The predicted octanol–water partition coefficient (Wildman–Crippen LogP) is 4.41. The lowest BCUT2D eigenvalue weighted by molar-refractivity contribution is -0.152. The van der Waals surface area contributed by atoms with Crippen LogP contribution in [0.5, 0.6) is 5.75 Å². The van der Waals surface area contributed by atoms with Crippen LogP contribution in [0.2, 0.25) is 0 Å². The number of anilines is 1. The van der Waals surface area contributed by atoms with E-state index in [1.165, 1.54) is 26.0 Å². The predicted molar refractivity (Wildman–Crippen MR) is 135 cm³/mol. The van der Waals surface area contributed by atoms with Gasteiger partial charge in [0.15, 0.2) is 5.60 Å². The molecule has 0 aliphatic carbocycles. The highest BCUT2D eigenvalue weighted by Crippen LogP contribution is 2.29. The Kier molecular flexibility index (Phi) is 8.76. The van der Waals surface area contributed by atoms with Crippen LogP contribution < -0.4 is 9.64 Å². The van der Waals surface area contributed by atoms with Crippen molar-refractivity contribution in [3.63, 3.8) is 0 Å². The van der Waals surface area contributed by atoms with Gasteiger partial charge in [0.05, 0.1) is 25.3 Å². The Bertz CT molecular complexity index is 1220. The molecule has 9 nitrogen and oxygen atoms in total. The van der Waals surface area contributed by atoms with Crippen LogP contribution in [-0.2, 0) is 35.2 Å². The molecule has 4 rings (SSSR count). The second-order valence-corrected chi connectivity index (χ2v) is 9.80. The second kappa shape index (κ2) is 12.0. The number of ether oxygens (including phenoxy) is 2. The fourth-order valence-electron chi connectivity index (χ4n) is 3.98. The van der Waals surface area contributed by atoms with E-state index >= 15 is 0 Å². The third-order valence-corrected chi connectivity index (χ3v) is 6.34. The van der Waals surface area contributed by atoms with Crippen LogP contribution in [0.15, 0.2) is 53.1 Å². The molecular formula is C27H31F3N4O5. The molecule has 0 radical (unpaired) electrons. The number of rotatable bonds is 11. The first-order valence-corrected chi connectivity index (χ1v) is 12.5. The average Bonchev–Trinajstić information content (AvgIpc) is 3.36. The van der Waals surface area contributed by atoms with Crippen molar-refractivity contribution in [2.24, 2.45) is 0 Å². The van der Waals surface area contributed by atoms with E-state index in [1.807, 2.05) is 17.0 Å². The molecule has 0 unspecified atom stereocenters. The maximum Gasteiger partial charge on any atom is 0.416 e. The van der Waals surface area contributed by atoms with Gasteiger partial charge < -0.3 is 24.0 Å². The first-order chi connectivity index (χ1) is 18.5. The lowest BCUT2D eigenvalue weighted by Crippen LogP contribution is -2.37. The van der Waals surface area contributed by atoms with Crippen molar-refractivity contribution in [3.8, 4) is 5.75 Å². The number of alkyl halides is 3. The van der Waals surface area contributed by atoms with E-state index in [9.17, 15) is 23.1 Å². The number of nitrogens with zero attached hydrogens (tertiary/aromatic N) is 4. The van der Waals surface area contributed by atoms with E-state index in [4.69, 9.17) is 14.0 Å². The van der Waals surface area contributed by atoms with Crippen molar-refractivity contribution in [3.05, 3.63) is 71.1 Å². The highest BCUT2D eigenvalue weighted by Gasteiger charge is 2.30. The van der Waals surface area contributed by atoms with E-state index < -0.39 is 23.3 Å². The summed E-state index contributed by atoms with van der Waals surface area (Å²) in [5, 5.41) is 13.4. The van der Waals surface area contributed by atoms with Crippen molar-refractivity contribution >= 4 is 11.9 Å². The second-order valence-electron chi connectivity index (χ2n) is 9.80. The Labute approximate surface area is 224 Å². The van der Waals surface area contributed by atoms with Crippen molar-refractivity contribution in [2.45, 2.75) is 45.1 Å². The van der Waals surface area contributed by atoms with E-state index in [0.717, 1.165) is 30.8 Å². The fraction of sp³-hybridized carbons (Fsp3) is 0.444. The maximum absolute atomic E-state index is 13.0. The third-order valence-electron chi connectivity index (χ3n) is 6.34. The molecule has 3 aromatic rings. The largest absolute Gasteiger partial charge is 0.478 e. The Balaban J connectivity index is 1.46. The highest BCUT2D eigenvalue weighted by molar-refractivity contribution is 5.76. The lowest BCUT2D eigenvalue weighted by atomic mass is 10.1. The third kappa shape index (κ3) is 7.93. The van der Waals surface area contributed by atoms with Gasteiger partial charge in [-0.15, -0.1) is 0 Å². The number of morpholine rings is 1. The van der Waals surface area contributed by atoms with Crippen LogP contribution in [0.1, 0.15) is 36.4 Å². The van der Waals surface area contributed by atoms with Crippen LogP contribution in [0.3, 0.4) is 0 Å². The summed E-state index contributed by atoms with van der Waals surface area (Å²) in [6, 6.07) is 12.1. The molecule has 1 fully saturated rings. The quantitative estimate of drug-likeness (QED) is 0.373. The molecule has 1 aliphatic rings. The molecule has 0 saturated carbocycles. The van der Waals surface area contributed by atoms with Crippen LogP contribution in [0, 0.1) is 0 Å². The van der Waals surface area contributed by atoms with Gasteiger partial charge in [0.25, 0.3) is 5.95 Å². The minimum absolute atomic E-state index is 0.280. The lowest BCUT2D eigenvalue weighted by Gasteiger charge is -2.24. The van der Waals surface area contributed by atoms with Gasteiger partial charge in [-0.2, -0.15) is 18.2 Å². The molecule has 0 amide bonds. The summed E-state index contributed by atoms with van der Waals surface area (Å²) in [6.07, 6.45) is -3.84. The fourth-order valence-corrected chi connectivity index (χ4v) is 3.98. The van der Waals surface area contributed by atoms with Crippen molar-refractivity contribution in [1.29, 1.82) is 0 Å². The van der Waals surface area contributed by atoms with Crippen molar-refractivity contribution in [2.75, 3.05) is 37.7 Å². The molecule has 39 heavy (non-hydrogen) atoms. The molecule has 0 bridgehead atoms. The molecular weight excluding hydrogens is 517 g/mol. The van der Waals surface area contributed by atoms with Gasteiger partial charge in [0, 0.05) is 26.2 Å². The van der Waals surface area contributed by atoms with E-state index in [1.54, 1.807) is 12.1 Å². The molecule has 1 N–H and O–H groups in total. The Morgan fingerprint density at radius 1 is 1.05 bits per heavy atom. The standard InChI is InChI=1S/C27H31F3N4O5/c1-26(2,24(35)36)38-22-9-5-19(6-10-22)11-12-34(17-20-3-7-21(8-4-20)27(28,29)30)25-31-23(39-32-25)18-33-13-15-37-16-14-33/h3-10H,11-18H2,1-2H3,(H,35,36). The smallest absolute Gasteiger partial charge is 0.416 e. The van der Waals surface area contributed by atoms with Crippen LogP contribution in [-0.4, -0.2) is 64.6 Å². The number of carbonyl (C=O) groups is 1. The Hall–Kier alpha value is -3.64. The number of hydrogen-bond acceptors (Lipinski definition) is 8. The van der Waals surface area contributed by atoms with E-state index in [0.29, 0.717) is 55.9 Å². The number of benzene rings is 2. The minimum Gasteiger partial charge on any atom is -0.478 e. The maximum atomic E-state index is 13.0. The first-order valence-electron chi connectivity index (χ1n) is 12.5. The van der Waals surface area contributed by atoms with Gasteiger partial charge >= 0.3 is 12.1 Å². The van der Waals surface area contributed by atoms with Gasteiger partial charge in [0.1, 0.15) is 5.75 Å². The zero-order valence-electron chi connectivity index (χ0n) is 21.8. The highest BCUT2D eigenvalue weighted by atomic mass is 19.4. The Morgan fingerprint density at radius 3 is 2.31 bits per heavy atom. The number of halogens is 3. The molecule has 12 heteroatoms. The normalized spacial score (nSPS) is 14.8. The van der Waals surface area contributed by atoms with Gasteiger partial charge in [0.2, 0.25) is 5.89 Å². The molecule has 0 atom stereocenters. The summed E-state index contributed by atoms with van der Waals surface area (Å²) in [6.45, 7) is 6.96. The summed E-state index contributed by atoms with van der Waals surface area (Å²) < 4.78 is 55.5. The zero-order valence-corrected chi connectivity index (χ0v) is 21.8. The summed E-state index contributed by atoms with van der Waals surface area (Å²) in [7, 11) is 0. The number of aliphatic carboxylic acids is 1. The summed E-state index contributed by atoms with van der Waals surface area (Å²) in [5.74, 6) is 0.158. The van der Waals surface area contributed by atoms with E-state index in [-0.39, 0.29) is 6.54 Å². The Morgan fingerprint density at radius 2 is 1.69 bits per heavy atom. The van der Waals surface area contributed by atoms with Crippen molar-refractivity contribution in [1.82, 2.24) is 15.0 Å².